The van der Waals surface area contributed by atoms with Gasteiger partial charge in [-0.25, -0.2) is 0 Å². The molecule has 0 saturated heterocycles. The molecule has 2 heteroatoms. The summed E-state index contributed by atoms with van der Waals surface area (Å²) in [6.07, 6.45) is 0.989. The largest absolute Gasteiger partial charge is 0.378 e. The highest BCUT2D eigenvalue weighted by atomic mass is 16.3. The minimum absolute atomic E-state index is 0.403. The van der Waals surface area contributed by atoms with Crippen molar-refractivity contribution in [2.75, 3.05) is 0 Å². The molecule has 0 aliphatic heterocycles. The highest BCUT2D eigenvalue weighted by Gasteiger charge is 2.25. The van der Waals surface area contributed by atoms with Gasteiger partial charge in [0.15, 0.2) is 6.29 Å². The second-order valence-corrected chi connectivity index (χ2v) is 2.76. The van der Waals surface area contributed by atoms with E-state index in [9.17, 15) is 9.90 Å². The minimum atomic E-state index is -1.30. The molecule has 2 nitrogen and oxygen atoms in total. The van der Waals surface area contributed by atoms with Gasteiger partial charge in [-0.1, -0.05) is 37.3 Å². The van der Waals surface area contributed by atoms with Crippen LogP contribution in [0.25, 0.3) is 0 Å². The number of hydrogen-bond donors (Lipinski definition) is 1. The van der Waals surface area contributed by atoms with Crippen molar-refractivity contribution in [3.05, 3.63) is 35.9 Å². The summed E-state index contributed by atoms with van der Waals surface area (Å²) < 4.78 is 0. The molecule has 1 aromatic carbocycles. The van der Waals surface area contributed by atoms with E-state index in [0.717, 1.165) is 0 Å². The third-order valence-corrected chi connectivity index (χ3v) is 2.01. The molecule has 0 aliphatic rings. The van der Waals surface area contributed by atoms with Gasteiger partial charge in [-0.05, 0) is 12.0 Å². The molecule has 1 unspecified atom stereocenters. The number of carbonyl (C=O) groups is 1. The fourth-order valence-corrected chi connectivity index (χ4v) is 1.08. The molecular formula is C10H12O2. The highest BCUT2D eigenvalue weighted by molar-refractivity contribution is 5.65. The SMILES string of the molecule is CCC(O)(C=O)c1ccccc1. The number of aliphatic hydroxyl groups is 1. The zero-order chi connectivity index (χ0) is 9.03. The molecule has 0 radical (unpaired) electrons. The van der Waals surface area contributed by atoms with E-state index < -0.39 is 5.60 Å². The van der Waals surface area contributed by atoms with Gasteiger partial charge in [0.2, 0.25) is 0 Å². The molecule has 0 fully saturated rings. The first-order valence-corrected chi connectivity index (χ1v) is 3.97. The van der Waals surface area contributed by atoms with Crippen LogP contribution in [-0.2, 0) is 10.4 Å². The van der Waals surface area contributed by atoms with Crippen LogP contribution in [-0.4, -0.2) is 11.4 Å². The molecule has 0 aliphatic carbocycles. The Labute approximate surface area is 71.8 Å². The number of carbonyl (C=O) groups excluding carboxylic acids is 1. The fourth-order valence-electron chi connectivity index (χ4n) is 1.08. The van der Waals surface area contributed by atoms with E-state index >= 15 is 0 Å². The Hall–Kier alpha value is -1.15. The van der Waals surface area contributed by atoms with Crippen molar-refractivity contribution >= 4 is 6.29 Å². The maximum absolute atomic E-state index is 10.6. The summed E-state index contributed by atoms with van der Waals surface area (Å²) in [5, 5.41) is 9.73. The van der Waals surface area contributed by atoms with Crippen LogP contribution < -0.4 is 0 Å². The summed E-state index contributed by atoms with van der Waals surface area (Å²) in [5.74, 6) is 0. The molecule has 0 amide bonds. The van der Waals surface area contributed by atoms with Crippen LogP contribution in [0.1, 0.15) is 18.9 Å². The molecule has 0 spiro atoms. The zero-order valence-electron chi connectivity index (χ0n) is 7.03. The van der Waals surface area contributed by atoms with Gasteiger partial charge in [0, 0.05) is 0 Å². The van der Waals surface area contributed by atoms with Crippen molar-refractivity contribution in [3.63, 3.8) is 0 Å². The van der Waals surface area contributed by atoms with Gasteiger partial charge in [0.05, 0.1) is 0 Å². The molecule has 1 atom stereocenters. The van der Waals surface area contributed by atoms with E-state index in [0.29, 0.717) is 18.3 Å². The first-order chi connectivity index (χ1) is 5.73. The van der Waals surface area contributed by atoms with Crippen LogP contribution in [0.4, 0.5) is 0 Å². The van der Waals surface area contributed by atoms with Gasteiger partial charge in [-0.3, -0.25) is 4.79 Å². The lowest BCUT2D eigenvalue weighted by Crippen LogP contribution is -2.26. The standard InChI is InChI=1S/C10H12O2/c1-2-10(12,8-11)9-6-4-3-5-7-9/h3-8,12H,2H2,1H3. The lowest BCUT2D eigenvalue weighted by molar-refractivity contribution is -0.125. The van der Waals surface area contributed by atoms with Crippen molar-refractivity contribution in [2.24, 2.45) is 0 Å². The zero-order valence-corrected chi connectivity index (χ0v) is 7.03. The van der Waals surface area contributed by atoms with E-state index in [1.54, 1.807) is 31.2 Å². The number of hydrogen-bond acceptors (Lipinski definition) is 2. The molecule has 1 aromatic rings. The fraction of sp³-hybridized carbons (Fsp3) is 0.300. The van der Waals surface area contributed by atoms with Gasteiger partial charge >= 0.3 is 0 Å². The Balaban J connectivity index is 3.03. The summed E-state index contributed by atoms with van der Waals surface area (Å²) in [7, 11) is 0. The highest BCUT2D eigenvalue weighted by Crippen LogP contribution is 2.21. The van der Waals surface area contributed by atoms with E-state index in [1.807, 2.05) is 6.07 Å². The Morgan fingerprint density at radius 1 is 1.42 bits per heavy atom. The summed E-state index contributed by atoms with van der Waals surface area (Å²) in [6.45, 7) is 1.78. The van der Waals surface area contributed by atoms with Gasteiger partial charge in [0.25, 0.3) is 0 Å². The molecule has 12 heavy (non-hydrogen) atoms. The first-order valence-electron chi connectivity index (χ1n) is 3.97. The van der Waals surface area contributed by atoms with Gasteiger partial charge in [-0.15, -0.1) is 0 Å². The lowest BCUT2D eigenvalue weighted by Gasteiger charge is -2.19. The smallest absolute Gasteiger partial charge is 0.156 e. The van der Waals surface area contributed by atoms with Gasteiger partial charge < -0.3 is 5.11 Å². The van der Waals surface area contributed by atoms with Crippen molar-refractivity contribution in [1.82, 2.24) is 0 Å². The monoisotopic (exact) mass is 164 g/mol. The summed E-state index contributed by atoms with van der Waals surface area (Å²) in [6, 6.07) is 8.96. The lowest BCUT2D eigenvalue weighted by atomic mass is 9.93. The molecule has 0 aromatic heterocycles. The average molecular weight is 164 g/mol. The molecular weight excluding hydrogens is 152 g/mol. The normalized spacial score (nSPS) is 15.2. The second-order valence-electron chi connectivity index (χ2n) is 2.76. The Kier molecular flexibility index (Phi) is 2.61. The molecule has 1 rings (SSSR count). The summed E-state index contributed by atoms with van der Waals surface area (Å²) in [4.78, 5) is 10.6. The molecule has 64 valence electrons. The minimum Gasteiger partial charge on any atom is -0.378 e. The van der Waals surface area contributed by atoms with Crippen LogP contribution in [0.2, 0.25) is 0 Å². The molecule has 1 N–H and O–H groups in total. The van der Waals surface area contributed by atoms with Crippen LogP contribution in [0, 0.1) is 0 Å². The third-order valence-electron chi connectivity index (χ3n) is 2.01. The van der Waals surface area contributed by atoms with Crippen LogP contribution >= 0.6 is 0 Å². The van der Waals surface area contributed by atoms with Gasteiger partial charge in [0.1, 0.15) is 5.60 Å². The average Bonchev–Trinajstić information content (AvgIpc) is 2.18. The number of rotatable bonds is 3. The summed E-state index contributed by atoms with van der Waals surface area (Å²) >= 11 is 0. The summed E-state index contributed by atoms with van der Waals surface area (Å²) in [5.41, 5.74) is -0.649. The van der Waals surface area contributed by atoms with E-state index in [2.05, 4.69) is 0 Å². The number of aldehydes is 1. The van der Waals surface area contributed by atoms with Crippen LogP contribution in [0.3, 0.4) is 0 Å². The first kappa shape index (κ1) is 8.94. The molecule has 0 saturated carbocycles. The van der Waals surface area contributed by atoms with Crippen molar-refractivity contribution in [3.8, 4) is 0 Å². The van der Waals surface area contributed by atoms with Crippen molar-refractivity contribution in [1.29, 1.82) is 0 Å². The van der Waals surface area contributed by atoms with Gasteiger partial charge in [-0.2, -0.15) is 0 Å². The number of benzene rings is 1. The van der Waals surface area contributed by atoms with E-state index in [1.165, 1.54) is 0 Å². The van der Waals surface area contributed by atoms with Crippen molar-refractivity contribution < 1.29 is 9.90 Å². The quantitative estimate of drug-likeness (QED) is 0.687. The third kappa shape index (κ3) is 1.53. The maximum Gasteiger partial charge on any atom is 0.156 e. The van der Waals surface area contributed by atoms with Crippen LogP contribution in [0.5, 0.6) is 0 Å². The predicted octanol–water partition coefficient (Wildman–Crippen LogP) is 1.48. The van der Waals surface area contributed by atoms with Crippen molar-refractivity contribution in [2.45, 2.75) is 18.9 Å². The van der Waals surface area contributed by atoms with E-state index in [-0.39, 0.29) is 0 Å². The predicted molar refractivity (Wildman–Crippen MR) is 46.7 cm³/mol. The van der Waals surface area contributed by atoms with Crippen LogP contribution in [0.15, 0.2) is 30.3 Å². The molecule has 0 heterocycles. The molecule has 0 bridgehead atoms. The Bertz CT molecular complexity index is 256. The Morgan fingerprint density at radius 2 is 2.00 bits per heavy atom. The Morgan fingerprint density at radius 3 is 2.42 bits per heavy atom. The topological polar surface area (TPSA) is 37.3 Å². The van der Waals surface area contributed by atoms with E-state index in [4.69, 9.17) is 0 Å². The second kappa shape index (κ2) is 3.50. The maximum atomic E-state index is 10.6.